The van der Waals surface area contributed by atoms with E-state index < -0.39 is 49.7 Å². The summed E-state index contributed by atoms with van der Waals surface area (Å²) in [5.41, 5.74) is -1.19. The highest BCUT2D eigenvalue weighted by Crippen LogP contribution is 2.36. The molecule has 0 aromatic heterocycles. The van der Waals surface area contributed by atoms with Gasteiger partial charge in [0.05, 0.1) is 15.5 Å². The number of hydrogen-bond acceptors (Lipinski definition) is 7. The summed E-state index contributed by atoms with van der Waals surface area (Å²) in [5.74, 6) is -3.01. The maximum atomic E-state index is 13.1. The first kappa shape index (κ1) is 32.1. The Morgan fingerprint density at radius 2 is 1.54 bits per heavy atom. The SMILES string of the molecule is O=C(O)C(=O)O.O=S(=O)(c1ccc(Cl)c(C(F)(F)F)c1)N1CCN(CC(O)COc2ccc3ccccc3c2)CC1. The highest BCUT2D eigenvalue weighted by molar-refractivity contribution is 7.89. The molecule has 15 heteroatoms. The summed E-state index contributed by atoms with van der Waals surface area (Å²) in [6, 6.07) is 16.1. The van der Waals surface area contributed by atoms with Gasteiger partial charge in [-0.3, -0.25) is 4.90 Å². The van der Waals surface area contributed by atoms with Crippen LogP contribution in [0.2, 0.25) is 5.02 Å². The lowest BCUT2D eigenvalue weighted by atomic mass is 10.1. The molecule has 1 aliphatic rings. The first-order valence-electron chi connectivity index (χ1n) is 12.0. The van der Waals surface area contributed by atoms with Crippen molar-refractivity contribution in [3.8, 4) is 5.75 Å². The third kappa shape index (κ3) is 8.78. The monoisotopic (exact) mass is 618 g/mol. The van der Waals surface area contributed by atoms with E-state index in [0.29, 0.717) is 24.9 Å². The zero-order valence-corrected chi connectivity index (χ0v) is 22.9. The maximum absolute atomic E-state index is 13.1. The first-order chi connectivity index (χ1) is 19.2. The number of piperazine rings is 1. The Labute approximate surface area is 238 Å². The van der Waals surface area contributed by atoms with Gasteiger partial charge in [-0.05, 0) is 41.1 Å². The molecule has 0 saturated carbocycles. The van der Waals surface area contributed by atoms with Gasteiger partial charge in [0.15, 0.2) is 0 Å². The fraction of sp³-hybridized carbons (Fsp3) is 0.308. The first-order valence-corrected chi connectivity index (χ1v) is 13.9. The van der Waals surface area contributed by atoms with Crippen molar-refractivity contribution in [3.63, 3.8) is 0 Å². The molecule has 3 aromatic carbocycles. The largest absolute Gasteiger partial charge is 0.491 e. The van der Waals surface area contributed by atoms with Crippen LogP contribution in [0, 0.1) is 0 Å². The molecule has 10 nitrogen and oxygen atoms in total. The van der Waals surface area contributed by atoms with Gasteiger partial charge >= 0.3 is 18.1 Å². The van der Waals surface area contributed by atoms with E-state index in [1.165, 1.54) is 0 Å². The fourth-order valence-electron chi connectivity index (χ4n) is 3.98. The summed E-state index contributed by atoms with van der Waals surface area (Å²) in [5, 5.41) is 26.7. The number of alkyl halides is 3. The number of carboxylic acids is 2. The van der Waals surface area contributed by atoms with Crippen LogP contribution in [0.25, 0.3) is 10.8 Å². The number of aliphatic hydroxyl groups is 1. The summed E-state index contributed by atoms with van der Waals surface area (Å²) in [6.45, 7) is 1.18. The van der Waals surface area contributed by atoms with Crippen LogP contribution in [0.3, 0.4) is 0 Å². The van der Waals surface area contributed by atoms with Crippen LogP contribution in [-0.4, -0.2) is 90.3 Å². The molecule has 1 saturated heterocycles. The average Bonchev–Trinajstić information content (AvgIpc) is 2.92. The number of fused-ring (bicyclic) bond motifs is 1. The number of ether oxygens (including phenoxy) is 1. The second-order valence-electron chi connectivity index (χ2n) is 8.93. The number of halogens is 4. The van der Waals surface area contributed by atoms with Gasteiger partial charge in [-0.25, -0.2) is 18.0 Å². The van der Waals surface area contributed by atoms with Crippen molar-refractivity contribution in [1.82, 2.24) is 9.21 Å². The van der Waals surface area contributed by atoms with Crippen LogP contribution >= 0.6 is 11.6 Å². The van der Waals surface area contributed by atoms with Crippen molar-refractivity contribution < 1.29 is 51.2 Å². The number of rotatable bonds is 7. The van der Waals surface area contributed by atoms with Crippen LogP contribution in [0.1, 0.15) is 5.56 Å². The molecule has 0 amide bonds. The quantitative estimate of drug-likeness (QED) is 0.339. The number of hydrogen-bond donors (Lipinski definition) is 3. The van der Waals surface area contributed by atoms with Crippen molar-refractivity contribution in [2.45, 2.75) is 17.2 Å². The molecule has 0 aliphatic carbocycles. The Hall–Kier alpha value is -3.43. The zero-order chi connectivity index (χ0) is 30.4. The highest BCUT2D eigenvalue weighted by atomic mass is 35.5. The molecule has 0 radical (unpaired) electrons. The number of nitrogens with zero attached hydrogens (tertiary/aromatic N) is 2. The van der Waals surface area contributed by atoms with E-state index in [1.54, 1.807) is 0 Å². The smallest absolute Gasteiger partial charge is 0.417 e. The van der Waals surface area contributed by atoms with E-state index >= 15 is 0 Å². The highest BCUT2D eigenvalue weighted by Gasteiger charge is 2.36. The average molecular weight is 619 g/mol. The van der Waals surface area contributed by atoms with Gasteiger partial charge in [-0.15, -0.1) is 0 Å². The number of carbonyl (C=O) groups is 2. The van der Waals surface area contributed by atoms with Gasteiger partial charge in [-0.2, -0.15) is 17.5 Å². The summed E-state index contributed by atoms with van der Waals surface area (Å²) >= 11 is 5.61. The van der Waals surface area contributed by atoms with Crippen LogP contribution in [-0.2, 0) is 25.8 Å². The Kier molecular flexibility index (Phi) is 10.6. The van der Waals surface area contributed by atoms with E-state index in [0.717, 1.165) is 27.2 Å². The summed E-state index contributed by atoms with van der Waals surface area (Å²) in [4.78, 5) is 19.6. The predicted molar refractivity (Wildman–Crippen MR) is 142 cm³/mol. The van der Waals surface area contributed by atoms with E-state index in [1.807, 2.05) is 47.4 Å². The summed E-state index contributed by atoms with van der Waals surface area (Å²) in [6.07, 6.45) is -5.55. The molecule has 41 heavy (non-hydrogen) atoms. The molecule has 0 bridgehead atoms. The molecule has 4 rings (SSSR count). The number of carboxylic acid groups (broad SMARTS) is 2. The normalized spacial score (nSPS) is 15.5. The lowest BCUT2D eigenvalue weighted by Gasteiger charge is -2.35. The number of sulfonamides is 1. The molecule has 1 atom stereocenters. The van der Waals surface area contributed by atoms with Crippen molar-refractivity contribution in [2.24, 2.45) is 0 Å². The molecule has 1 heterocycles. The summed E-state index contributed by atoms with van der Waals surface area (Å²) in [7, 11) is -4.12. The summed E-state index contributed by atoms with van der Waals surface area (Å²) < 4.78 is 72.0. The molecule has 3 N–H and O–H groups in total. The molecular formula is C26H26ClF3N2O8S. The van der Waals surface area contributed by atoms with E-state index in [4.69, 9.17) is 36.1 Å². The lowest BCUT2D eigenvalue weighted by Crippen LogP contribution is -2.50. The molecule has 222 valence electrons. The van der Waals surface area contributed by atoms with Gasteiger partial charge < -0.3 is 20.1 Å². The number of aliphatic carboxylic acids is 2. The molecular weight excluding hydrogens is 593 g/mol. The standard InChI is InChI=1S/C24H24ClF3N2O4S.C2H2O4/c25-23-8-7-21(14-22(23)24(26,27)28)35(32,33)30-11-9-29(10-12-30)15-19(31)16-34-20-6-5-17-3-1-2-4-18(17)13-20;3-1(4)2(5)6/h1-8,13-14,19,31H,9-12,15-16H2;(H,3,4)(H,5,6). The molecule has 3 aromatic rings. The topological polar surface area (TPSA) is 145 Å². The van der Waals surface area contributed by atoms with Gasteiger partial charge in [0, 0.05) is 32.7 Å². The van der Waals surface area contributed by atoms with Crippen LogP contribution in [0.4, 0.5) is 13.2 Å². The van der Waals surface area contributed by atoms with E-state index in [9.17, 15) is 26.7 Å². The van der Waals surface area contributed by atoms with Gasteiger partial charge in [0.25, 0.3) is 0 Å². The number of β-amino-alcohol motifs (C(OH)–C–C–N with tert-alkyl or cyclic N) is 1. The van der Waals surface area contributed by atoms with Crippen molar-refractivity contribution >= 4 is 44.3 Å². The molecule has 1 fully saturated rings. The Morgan fingerprint density at radius 1 is 0.927 bits per heavy atom. The Balaban J connectivity index is 0.000000696. The van der Waals surface area contributed by atoms with E-state index in [-0.39, 0.29) is 26.2 Å². The Bertz CT molecular complexity index is 1480. The third-order valence-electron chi connectivity index (χ3n) is 6.03. The Morgan fingerprint density at radius 3 is 2.12 bits per heavy atom. The second-order valence-corrected chi connectivity index (χ2v) is 11.3. The zero-order valence-electron chi connectivity index (χ0n) is 21.3. The van der Waals surface area contributed by atoms with Gasteiger partial charge in [0.2, 0.25) is 10.0 Å². The third-order valence-corrected chi connectivity index (χ3v) is 8.25. The number of benzene rings is 3. The second kappa shape index (κ2) is 13.5. The van der Waals surface area contributed by atoms with Crippen LogP contribution < -0.4 is 4.74 Å². The van der Waals surface area contributed by atoms with Gasteiger partial charge in [0.1, 0.15) is 18.5 Å². The van der Waals surface area contributed by atoms with Gasteiger partial charge in [-0.1, -0.05) is 41.9 Å². The van der Waals surface area contributed by atoms with Crippen molar-refractivity contribution in [3.05, 3.63) is 71.2 Å². The van der Waals surface area contributed by atoms with Crippen LogP contribution in [0.5, 0.6) is 5.75 Å². The van der Waals surface area contributed by atoms with Crippen molar-refractivity contribution in [2.75, 3.05) is 39.3 Å². The molecule has 0 spiro atoms. The molecule has 1 unspecified atom stereocenters. The predicted octanol–water partition coefficient (Wildman–Crippen LogP) is 3.41. The minimum atomic E-state index is -4.76. The number of aliphatic hydroxyl groups excluding tert-OH is 1. The lowest BCUT2D eigenvalue weighted by molar-refractivity contribution is -0.159. The van der Waals surface area contributed by atoms with Crippen molar-refractivity contribution in [1.29, 1.82) is 0 Å². The van der Waals surface area contributed by atoms with Crippen LogP contribution in [0.15, 0.2) is 65.6 Å². The minimum absolute atomic E-state index is 0.0713. The maximum Gasteiger partial charge on any atom is 0.417 e. The fourth-order valence-corrected chi connectivity index (χ4v) is 5.66. The molecule has 1 aliphatic heterocycles. The minimum Gasteiger partial charge on any atom is -0.491 e. The van der Waals surface area contributed by atoms with E-state index in [2.05, 4.69) is 0 Å².